The van der Waals surface area contributed by atoms with E-state index in [2.05, 4.69) is 9.97 Å². The lowest BCUT2D eigenvalue weighted by molar-refractivity contribution is 0.0789. The van der Waals surface area contributed by atoms with E-state index in [0.717, 1.165) is 25.9 Å². The summed E-state index contributed by atoms with van der Waals surface area (Å²) in [7, 11) is 0. The largest absolute Gasteiger partial charge is 0.338 e. The van der Waals surface area contributed by atoms with Crippen LogP contribution in [0.4, 0.5) is 0 Å². The van der Waals surface area contributed by atoms with Crippen LogP contribution in [0, 0.1) is 6.92 Å². The number of aromatic nitrogens is 2. The first-order valence-corrected chi connectivity index (χ1v) is 6.40. The van der Waals surface area contributed by atoms with Crippen LogP contribution in [0.15, 0.2) is 4.79 Å². The molecule has 0 unspecified atom stereocenters. The van der Waals surface area contributed by atoms with Crippen LogP contribution >= 0.6 is 0 Å². The van der Waals surface area contributed by atoms with Crippen LogP contribution in [0.1, 0.15) is 54.5 Å². The zero-order chi connectivity index (χ0) is 13.3. The van der Waals surface area contributed by atoms with Gasteiger partial charge in [0.1, 0.15) is 11.4 Å². The second-order valence-corrected chi connectivity index (χ2v) is 5.07. The van der Waals surface area contributed by atoms with E-state index >= 15 is 0 Å². The molecule has 1 fully saturated rings. The fourth-order valence-electron chi connectivity index (χ4n) is 2.21. The molecule has 1 aliphatic rings. The number of hydrogen-bond acceptors (Lipinski definition) is 3. The summed E-state index contributed by atoms with van der Waals surface area (Å²) in [5, 5.41) is 0. The number of carbonyl (C=O) groups excluding carboxylic acids is 1. The van der Waals surface area contributed by atoms with Gasteiger partial charge >= 0.3 is 0 Å². The minimum atomic E-state index is -0.317. The van der Waals surface area contributed by atoms with Crippen molar-refractivity contribution < 1.29 is 4.79 Å². The van der Waals surface area contributed by atoms with E-state index in [1.54, 1.807) is 11.8 Å². The Bertz CT molecular complexity index is 513. The van der Waals surface area contributed by atoms with E-state index in [1.807, 2.05) is 13.8 Å². The number of rotatable bonds is 2. The zero-order valence-electron chi connectivity index (χ0n) is 11.1. The Balaban J connectivity index is 2.39. The van der Waals surface area contributed by atoms with Gasteiger partial charge in [0.15, 0.2) is 0 Å². The Hall–Kier alpha value is -1.65. The van der Waals surface area contributed by atoms with Gasteiger partial charge in [-0.3, -0.25) is 9.59 Å². The summed E-state index contributed by atoms with van der Waals surface area (Å²) in [4.78, 5) is 33.0. The summed E-state index contributed by atoms with van der Waals surface area (Å²) in [6.45, 7) is 7.12. The molecule has 0 spiro atoms. The SMILES string of the molecule is Cc1nc(C(C)C)[nH]c(=O)c1C(=O)N1CCCC1. The fraction of sp³-hybridized carbons (Fsp3) is 0.615. The number of likely N-dealkylation sites (tertiary alicyclic amines) is 1. The molecule has 1 aromatic heterocycles. The Labute approximate surface area is 106 Å². The average molecular weight is 249 g/mol. The second-order valence-electron chi connectivity index (χ2n) is 5.07. The normalized spacial score (nSPS) is 15.4. The maximum Gasteiger partial charge on any atom is 0.264 e. The molecule has 98 valence electrons. The highest BCUT2D eigenvalue weighted by Crippen LogP contribution is 2.14. The van der Waals surface area contributed by atoms with Crippen molar-refractivity contribution in [3.8, 4) is 0 Å². The van der Waals surface area contributed by atoms with Crippen molar-refractivity contribution in [1.82, 2.24) is 14.9 Å². The number of aryl methyl sites for hydroxylation is 1. The molecule has 0 radical (unpaired) electrons. The predicted molar refractivity (Wildman–Crippen MR) is 68.8 cm³/mol. The summed E-state index contributed by atoms with van der Waals surface area (Å²) in [5.74, 6) is 0.594. The van der Waals surface area contributed by atoms with Crippen LogP contribution in [-0.4, -0.2) is 33.9 Å². The van der Waals surface area contributed by atoms with E-state index in [1.165, 1.54) is 0 Å². The van der Waals surface area contributed by atoms with Gasteiger partial charge in [0.05, 0.1) is 5.69 Å². The third-order valence-corrected chi connectivity index (χ3v) is 3.27. The summed E-state index contributed by atoms with van der Waals surface area (Å²) < 4.78 is 0. The number of amides is 1. The highest BCUT2D eigenvalue weighted by atomic mass is 16.2. The number of H-pyrrole nitrogens is 1. The van der Waals surface area contributed by atoms with Crippen molar-refractivity contribution in [2.24, 2.45) is 0 Å². The van der Waals surface area contributed by atoms with Crippen molar-refractivity contribution in [2.45, 2.75) is 39.5 Å². The van der Waals surface area contributed by atoms with E-state index in [9.17, 15) is 9.59 Å². The molecule has 1 N–H and O–H groups in total. The van der Waals surface area contributed by atoms with Crippen LogP contribution in [0.5, 0.6) is 0 Å². The molecule has 0 atom stereocenters. The van der Waals surface area contributed by atoms with Crippen LogP contribution in [0.2, 0.25) is 0 Å². The van der Waals surface area contributed by atoms with Gasteiger partial charge in [0.2, 0.25) is 0 Å². The first kappa shape index (κ1) is 12.8. The topological polar surface area (TPSA) is 66.1 Å². The Morgan fingerprint density at radius 1 is 1.33 bits per heavy atom. The number of nitrogens with zero attached hydrogens (tertiary/aromatic N) is 2. The van der Waals surface area contributed by atoms with Gasteiger partial charge in [0, 0.05) is 19.0 Å². The number of aromatic amines is 1. The molecule has 0 aliphatic carbocycles. The predicted octanol–water partition coefficient (Wildman–Crippen LogP) is 1.44. The smallest absolute Gasteiger partial charge is 0.264 e. The Morgan fingerprint density at radius 2 is 1.94 bits per heavy atom. The van der Waals surface area contributed by atoms with Crippen molar-refractivity contribution in [3.05, 3.63) is 27.4 Å². The lowest BCUT2D eigenvalue weighted by Crippen LogP contribution is -2.34. The molecule has 0 aromatic carbocycles. The molecule has 18 heavy (non-hydrogen) atoms. The molecule has 1 aliphatic heterocycles. The summed E-state index contributed by atoms with van der Waals surface area (Å²) in [6, 6.07) is 0. The van der Waals surface area contributed by atoms with Gasteiger partial charge in [-0.1, -0.05) is 13.8 Å². The van der Waals surface area contributed by atoms with E-state index in [-0.39, 0.29) is 22.9 Å². The summed E-state index contributed by atoms with van der Waals surface area (Å²) in [5.41, 5.74) is 0.406. The van der Waals surface area contributed by atoms with Gasteiger partial charge in [-0.25, -0.2) is 4.98 Å². The molecule has 0 saturated carbocycles. The van der Waals surface area contributed by atoms with Gasteiger partial charge in [-0.05, 0) is 19.8 Å². The molecule has 1 aromatic rings. The molecular weight excluding hydrogens is 230 g/mol. The van der Waals surface area contributed by atoms with Crippen LogP contribution in [-0.2, 0) is 0 Å². The van der Waals surface area contributed by atoms with Crippen LogP contribution in [0.25, 0.3) is 0 Å². The maximum atomic E-state index is 12.2. The Kier molecular flexibility index (Phi) is 3.50. The fourth-order valence-corrected chi connectivity index (χ4v) is 2.21. The van der Waals surface area contributed by atoms with Crippen molar-refractivity contribution in [1.29, 1.82) is 0 Å². The van der Waals surface area contributed by atoms with Crippen LogP contribution in [0.3, 0.4) is 0 Å². The van der Waals surface area contributed by atoms with E-state index in [4.69, 9.17) is 0 Å². The zero-order valence-corrected chi connectivity index (χ0v) is 11.1. The van der Waals surface area contributed by atoms with Gasteiger partial charge < -0.3 is 9.88 Å². The second kappa shape index (κ2) is 4.92. The van der Waals surface area contributed by atoms with Crippen LogP contribution < -0.4 is 5.56 Å². The van der Waals surface area contributed by atoms with Gasteiger partial charge in [-0.2, -0.15) is 0 Å². The summed E-state index contributed by atoms with van der Waals surface area (Å²) >= 11 is 0. The molecular formula is C13H19N3O2. The number of nitrogens with one attached hydrogen (secondary N) is 1. The maximum absolute atomic E-state index is 12.2. The highest BCUT2D eigenvalue weighted by Gasteiger charge is 2.24. The minimum absolute atomic E-state index is 0.146. The molecule has 5 heteroatoms. The summed E-state index contributed by atoms with van der Waals surface area (Å²) in [6.07, 6.45) is 2.03. The minimum Gasteiger partial charge on any atom is -0.338 e. The molecule has 2 rings (SSSR count). The first-order chi connectivity index (χ1) is 8.50. The first-order valence-electron chi connectivity index (χ1n) is 6.40. The number of carbonyl (C=O) groups is 1. The quantitative estimate of drug-likeness (QED) is 0.862. The number of hydrogen-bond donors (Lipinski definition) is 1. The standard InChI is InChI=1S/C13H19N3O2/c1-8(2)11-14-9(3)10(12(17)15-11)13(18)16-6-4-5-7-16/h8H,4-7H2,1-3H3,(H,14,15,17). The third kappa shape index (κ3) is 2.30. The molecule has 2 heterocycles. The average Bonchev–Trinajstić information content (AvgIpc) is 2.80. The highest BCUT2D eigenvalue weighted by molar-refractivity contribution is 5.95. The van der Waals surface area contributed by atoms with Crippen molar-refractivity contribution in [2.75, 3.05) is 13.1 Å². The molecule has 5 nitrogen and oxygen atoms in total. The molecule has 0 bridgehead atoms. The van der Waals surface area contributed by atoms with E-state index in [0.29, 0.717) is 11.5 Å². The van der Waals surface area contributed by atoms with Crippen molar-refractivity contribution in [3.63, 3.8) is 0 Å². The third-order valence-electron chi connectivity index (χ3n) is 3.27. The molecule has 1 saturated heterocycles. The Morgan fingerprint density at radius 3 is 2.44 bits per heavy atom. The van der Waals surface area contributed by atoms with Gasteiger partial charge in [0.25, 0.3) is 11.5 Å². The monoisotopic (exact) mass is 249 g/mol. The van der Waals surface area contributed by atoms with Gasteiger partial charge in [-0.15, -0.1) is 0 Å². The lowest BCUT2D eigenvalue weighted by atomic mass is 10.1. The lowest BCUT2D eigenvalue weighted by Gasteiger charge is -2.16. The van der Waals surface area contributed by atoms with Crippen molar-refractivity contribution >= 4 is 5.91 Å². The molecule has 1 amide bonds. The van der Waals surface area contributed by atoms with E-state index < -0.39 is 0 Å².